The second kappa shape index (κ2) is 12.6. The molecule has 14 heteroatoms. The lowest BCUT2D eigenvalue weighted by Gasteiger charge is -2.33. The van der Waals surface area contributed by atoms with Gasteiger partial charge in [-0.15, -0.1) is 0 Å². The molecule has 1 fully saturated rings. The van der Waals surface area contributed by atoms with Gasteiger partial charge in [0.25, 0.3) is 0 Å². The number of hydrogen-bond donors (Lipinski definition) is 3. The van der Waals surface area contributed by atoms with Crippen LogP contribution in [0.2, 0.25) is 0 Å². The van der Waals surface area contributed by atoms with Crippen molar-refractivity contribution in [1.29, 1.82) is 0 Å². The van der Waals surface area contributed by atoms with Gasteiger partial charge in [0.1, 0.15) is 18.5 Å². The minimum atomic E-state index is -4.49. The SMILES string of the molecule is COc1cc(S(N)(=O)=O)ccc1NCC#Cc1cc2c(N[C@H]3CCN(C)CC3F)cccc2n1CC(F)(F)F.S. The topological polar surface area (TPSA) is 102 Å². The molecule has 0 amide bonds. The third-order valence-corrected chi connectivity index (χ3v) is 7.36. The third-order valence-electron chi connectivity index (χ3n) is 6.45. The zero-order valence-corrected chi connectivity index (χ0v) is 23.7. The molecule has 4 N–H and O–H groups in total. The van der Waals surface area contributed by atoms with Crippen molar-refractivity contribution in [2.45, 2.75) is 36.3 Å². The maximum atomic E-state index is 14.6. The summed E-state index contributed by atoms with van der Waals surface area (Å²) < 4.78 is 84.5. The van der Waals surface area contributed by atoms with Crippen LogP contribution in [0.25, 0.3) is 10.9 Å². The Balaban J connectivity index is 0.00000441. The minimum Gasteiger partial charge on any atom is -0.495 e. The average molecular weight is 602 g/mol. The van der Waals surface area contributed by atoms with E-state index < -0.39 is 35.0 Å². The number of nitrogens with zero attached hydrogens (tertiary/aromatic N) is 2. The van der Waals surface area contributed by atoms with E-state index >= 15 is 0 Å². The van der Waals surface area contributed by atoms with Gasteiger partial charge in [0.15, 0.2) is 0 Å². The van der Waals surface area contributed by atoms with E-state index in [1.165, 1.54) is 25.3 Å². The molecule has 0 aliphatic carbocycles. The summed E-state index contributed by atoms with van der Waals surface area (Å²) in [4.78, 5) is 1.77. The fourth-order valence-electron chi connectivity index (χ4n) is 4.55. The standard InChI is InChI=1S/C26H29F4N5O3S.H2S/c1-34-12-10-22(20(27)15-34)33-21-6-3-7-24-19(21)13-17(35(24)16-26(28,29)30)5-4-11-32-23-9-8-18(39(31,36)37)14-25(23)38-2;/h3,6-9,13-14,20,22,32-33H,10-12,15-16H2,1-2H3,(H2,31,36,37);1H2/t20?,22-;/m0./s1. The third kappa shape index (κ3) is 7.54. The van der Waals surface area contributed by atoms with Gasteiger partial charge in [-0.25, -0.2) is 17.9 Å². The fraction of sp³-hybridized carbons (Fsp3) is 0.385. The van der Waals surface area contributed by atoms with E-state index in [9.17, 15) is 26.0 Å². The summed E-state index contributed by atoms with van der Waals surface area (Å²) in [6.07, 6.45) is -5.03. The summed E-state index contributed by atoms with van der Waals surface area (Å²) in [5.74, 6) is 5.83. The number of halogens is 4. The van der Waals surface area contributed by atoms with Crippen LogP contribution >= 0.6 is 13.5 Å². The van der Waals surface area contributed by atoms with Crippen LogP contribution < -0.4 is 20.5 Å². The number of sulfonamides is 1. The van der Waals surface area contributed by atoms with E-state index in [1.807, 2.05) is 11.9 Å². The van der Waals surface area contributed by atoms with E-state index in [4.69, 9.17) is 9.88 Å². The zero-order valence-electron chi connectivity index (χ0n) is 21.8. The highest BCUT2D eigenvalue weighted by Crippen LogP contribution is 2.32. The van der Waals surface area contributed by atoms with Gasteiger partial charge >= 0.3 is 6.18 Å². The van der Waals surface area contributed by atoms with Gasteiger partial charge in [0.05, 0.1) is 41.5 Å². The van der Waals surface area contributed by atoms with Crippen molar-refractivity contribution < 1.29 is 30.7 Å². The number of anilines is 2. The molecule has 0 saturated carbocycles. The molecule has 1 aromatic heterocycles. The van der Waals surface area contributed by atoms with Crippen LogP contribution in [-0.4, -0.2) is 70.1 Å². The highest BCUT2D eigenvalue weighted by Gasteiger charge is 2.31. The Bertz CT molecular complexity index is 1520. The number of methoxy groups -OCH3 is 1. The molecule has 218 valence electrons. The molecule has 2 aromatic carbocycles. The number of piperidine rings is 1. The number of likely N-dealkylation sites (tertiary alicyclic amines) is 1. The van der Waals surface area contributed by atoms with E-state index in [1.54, 1.807) is 24.3 Å². The Kier molecular flexibility index (Phi) is 9.89. The highest BCUT2D eigenvalue weighted by molar-refractivity contribution is 7.89. The summed E-state index contributed by atoms with van der Waals surface area (Å²) >= 11 is 0. The van der Waals surface area contributed by atoms with Gasteiger partial charge in [-0.3, -0.25) is 0 Å². The van der Waals surface area contributed by atoms with Crippen molar-refractivity contribution in [3.05, 3.63) is 48.2 Å². The van der Waals surface area contributed by atoms with Crippen LogP contribution in [0, 0.1) is 11.8 Å². The number of alkyl halides is 4. The van der Waals surface area contributed by atoms with Gasteiger partial charge in [-0.2, -0.15) is 26.7 Å². The number of rotatable bonds is 7. The fourth-order valence-corrected chi connectivity index (χ4v) is 5.08. The number of aromatic nitrogens is 1. The minimum absolute atomic E-state index is 0. The summed E-state index contributed by atoms with van der Waals surface area (Å²) in [6.45, 7) is -0.215. The van der Waals surface area contributed by atoms with Gasteiger partial charge < -0.3 is 24.8 Å². The van der Waals surface area contributed by atoms with Crippen molar-refractivity contribution in [3.8, 4) is 17.6 Å². The molecule has 2 heterocycles. The number of benzene rings is 2. The molecule has 4 rings (SSSR count). The number of nitrogens with two attached hydrogens (primary N) is 1. The predicted molar refractivity (Wildman–Crippen MR) is 153 cm³/mol. The van der Waals surface area contributed by atoms with Gasteiger partial charge in [0.2, 0.25) is 10.0 Å². The number of nitrogens with one attached hydrogen (secondary N) is 2. The summed E-state index contributed by atoms with van der Waals surface area (Å²) in [7, 11) is -0.721. The first-order valence-electron chi connectivity index (χ1n) is 12.1. The van der Waals surface area contributed by atoms with Gasteiger partial charge in [-0.1, -0.05) is 12.0 Å². The monoisotopic (exact) mass is 601 g/mol. The quantitative estimate of drug-likeness (QED) is 0.281. The van der Waals surface area contributed by atoms with Crippen molar-refractivity contribution >= 4 is 45.8 Å². The Morgan fingerprint density at radius 2 is 1.93 bits per heavy atom. The van der Waals surface area contributed by atoms with Crippen molar-refractivity contribution in [2.75, 3.05) is 44.4 Å². The molecular formula is C26H31F4N5O3S2. The van der Waals surface area contributed by atoms with Crippen LogP contribution in [0.3, 0.4) is 0 Å². The van der Waals surface area contributed by atoms with E-state index in [0.717, 1.165) is 4.57 Å². The second-order valence-electron chi connectivity index (χ2n) is 9.35. The molecule has 0 radical (unpaired) electrons. The normalized spacial score (nSPS) is 18.0. The maximum absolute atomic E-state index is 14.6. The smallest absolute Gasteiger partial charge is 0.406 e. The molecule has 8 nitrogen and oxygen atoms in total. The summed E-state index contributed by atoms with van der Waals surface area (Å²) in [5, 5.41) is 11.8. The molecular weight excluding hydrogens is 570 g/mol. The van der Waals surface area contributed by atoms with Crippen molar-refractivity contribution in [3.63, 3.8) is 0 Å². The first kappa shape index (κ1) is 31.4. The van der Waals surface area contributed by atoms with E-state index in [0.29, 0.717) is 35.2 Å². The summed E-state index contributed by atoms with van der Waals surface area (Å²) in [6, 6.07) is 10.1. The van der Waals surface area contributed by atoms with Gasteiger partial charge in [-0.05, 0) is 49.7 Å². The zero-order chi connectivity index (χ0) is 28.4. The highest BCUT2D eigenvalue weighted by atomic mass is 32.2. The first-order valence-corrected chi connectivity index (χ1v) is 13.6. The maximum Gasteiger partial charge on any atom is 0.406 e. The lowest BCUT2D eigenvalue weighted by molar-refractivity contribution is -0.140. The van der Waals surface area contributed by atoms with E-state index in [-0.39, 0.29) is 42.9 Å². The second-order valence-corrected chi connectivity index (χ2v) is 10.9. The molecule has 0 bridgehead atoms. The Morgan fingerprint density at radius 1 is 1.18 bits per heavy atom. The molecule has 1 saturated heterocycles. The first-order chi connectivity index (χ1) is 18.4. The van der Waals surface area contributed by atoms with Crippen LogP contribution in [0.15, 0.2) is 47.4 Å². The predicted octanol–water partition coefficient (Wildman–Crippen LogP) is 3.89. The Labute approximate surface area is 237 Å². The molecule has 1 aliphatic heterocycles. The molecule has 3 aromatic rings. The Hall–Kier alpha value is -3.12. The van der Waals surface area contributed by atoms with Crippen molar-refractivity contribution in [2.24, 2.45) is 5.14 Å². The largest absolute Gasteiger partial charge is 0.495 e. The van der Waals surface area contributed by atoms with Crippen LogP contribution in [0.4, 0.5) is 28.9 Å². The summed E-state index contributed by atoms with van der Waals surface area (Å²) in [5.41, 5.74) is 1.46. The van der Waals surface area contributed by atoms with Crippen LogP contribution in [0.5, 0.6) is 5.75 Å². The van der Waals surface area contributed by atoms with E-state index in [2.05, 4.69) is 22.5 Å². The lowest BCUT2D eigenvalue weighted by atomic mass is 10.0. The Morgan fingerprint density at radius 3 is 2.58 bits per heavy atom. The van der Waals surface area contributed by atoms with Crippen LogP contribution in [0.1, 0.15) is 12.1 Å². The molecule has 2 atom stereocenters. The van der Waals surface area contributed by atoms with Crippen molar-refractivity contribution in [1.82, 2.24) is 9.47 Å². The molecule has 0 spiro atoms. The number of ether oxygens (including phenoxy) is 1. The number of fused-ring (bicyclic) bond motifs is 1. The number of hydrogen-bond acceptors (Lipinski definition) is 6. The molecule has 40 heavy (non-hydrogen) atoms. The number of primary sulfonamides is 1. The molecule has 1 unspecified atom stereocenters. The average Bonchev–Trinajstić information content (AvgIpc) is 3.19. The van der Waals surface area contributed by atoms with Crippen LogP contribution in [-0.2, 0) is 16.6 Å². The lowest BCUT2D eigenvalue weighted by Crippen LogP contribution is -2.46. The van der Waals surface area contributed by atoms with Gasteiger partial charge in [0, 0.05) is 30.2 Å². The molecule has 1 aliphatic rings.